The van der Waals surface area contributed by atoms with E-state index in [4.69, 9.17) is 0 Å². The lowest BCUT2D eigenvalue weighted by Crippen LogP contribution is -2.23. The average Bonchev–Trinajstić information content (AvgIpc) is 2.78. The van der Waals surface area contributed by atoms with Crippen molar-refractivity contribution >= 4 is 23.1 Å². The Hall–Kier alpha value is -4.15. The largest absolute Gasteiger partial charge is 0.503 e. The Labute approximate surface area is 196 Å². The second-order valence-electron chi connectivity index (χ2n) is 7.61. The highest BCUT2D eigenvalue weighted by Gasteiger charge is 2.43. The topological polar surface area (TPSA) is 98.7 Å². The summed E-state index contributed by atoms with van der Waals surface area (Å²) in [6, 6.07) is 7.85. The third kappa shape index (κ3) is 5.34. The summed E-state index contributed by atoms with van der Waals surface area (Å²) in [5.41, 5.74) is -2.27. The van der Waals surface area contributed by atoms with Crippen molar-refractivity contribution in [1.29, 1.82) is 0 Å². The minimum Gasteiger partial charge on any atom is -0.503 e. The Bertz CT molecular complexity index is 1310. The lowest BCUT2D eigenvalue weighted by atomic mass is 9.89. The molecule has 1 atom stereocenters. The van der Waals surface area contributed by atoms with Gasteiger partial charge in [0.2, 0.25) is 0 Å². The van der Waals surface area contributed by atoms with Gasteiger partial charge in [-0.1, -0.05) is 12.1 Å². The first-order valence-electron chi connectivity index (χ1n) is 10.0. The number of alkyl halides is 3. The number of anilines is 2. The van der Waals surface area contributed by atoms with Crippen LogP contribution in [0.15, 0.2) is 48.5 Å². The maximum absolute atomic E-state index is 14.5. The fourth-order valence-corrected chi connectivity index (χ4v) is 3.50. The van der Waals surface area contributed by atoms with E-state index in [0.717, 1.165) is 6.07 Å². The average molecular weight is 494 g/mol. The van der Waals surface area contributed by atoms with E-state index in [9.17, 15) is 41.8 Å². The van der Waals surface area contributed by atoms with Gasteiger partial charge in [0.05, 0.1) is 11.4 Å². The fraction of sp³-hybridized carbons (Fsp3) is 0.167. The number of carbonyl (C=O) groups is 2. The molecule has 1 amide bonds. The van der Waals surface area contributed by atoms with E-state index in [2.05, 4.69) is 10.6 Å². The number of aromatic hydroxyl groups is 2. The van der Waals surface area contributed by atoms with E-state index >= 15 is 0 Å². The number of nitrogens with one attached hydrogen (secondary N) is 2. The Morgan fingerprint density at radius 2 is 1.37 bits per heavy atom. The Morgan fingerprint density at radius 3 is 1.89 bits per heavy atom. The third-order valence-electron chi connectivity index (χ3n) is 5.21. The van der Waals surface area contributed by atoms with Gasteiger partial charge in [0.1, 0.15) is 5.92 Å². The third-order valence-corrected chi connectivity index (χ3v) is 5.21. The van der Waals surface area contributed by atoms with E-state index in [1.165, 1.54) is 38.2 Å². The Balaban J connectivity index is 2.09. The number of hydrogen-bond donors (Lipinski definition) is 4. The predicted octanol–water partition coefficient (Wildman–Crippen LogP) is 5.57. The number of halogens is 5. The van der Waals surface area contributed by atoms with Crippen LogP contribution in [0.1, 0.15) is 44.7 Å². The predicted molar refractivity (Wildman–Crippen MR) is 118 cm³/mol. The van der Waals surface area contributed by atoms with Gasteiger partial charge >= 0.3 is 6.18 Å². The SMILES string of the molecule is CNc1cc(C(c2cc(F)c(O)c(NC(=O)c3cccc(C(C)=O)c3)c2)C(F)(F)F)cc(F)c1O. The molecule has 0 fully saturated rings. The van der Waals surface area contributed by atoms with Crippen LogP contribution in [-0.4, -0.2) is 35.1 Å². The highest BCUT2D eigenvalue weighted by Crippen LogP contribution is 2.45. The van der Waals surface area contributed by atoms with Gasteiger partial charge in [-0.2, -0.15) is 13.2 Å². The molecular formula is C24H19F5N2O4. The number of phenolic OH excluding ortho intramolecular Hbond substituents is 2. The van der Waals surface area contributed by atoms with Crippen molar-refractivity contribution in [3.8, 4) is 11.5 Å². The van der Waals surface area contributed by atoms with Gasteiger partial charge in [0.15, 0.2) is 28.9 Å². The molecular weight excluding hydrogens is 475 g/mol. The molecule has 0 aliphatic carbocycles. The summed E-state index contributed by atoms with van der Waals surface area (Å²) in [7, 11) is 1.26. The summed E-state index contributed by atoms with van der Waals surface area (Å²) in [4.78, 5) is 24.1. The van der Waals surface area contributed by atoms with Crippen LogP contribution >= 0.6 is 0 Å². The molecule has 3 aromatic carbocycles. The smallest absolute Gasteiger partial charge is 0.399 e. The molecule has 3 rings (SSSR count). The molecule has 3 aromatic rings. The van der Waals surface area contributed by atoms with Crippen LogP contribution in [-0.2, 0) is 0 Å². The van der Waals surface area contributed by atoms with E-state index in [1.54, 1.807) is 0 Å². The lowest BCUT2D eigenvalue weighted by molar-refractivity contribution is -0.141. The maximum Gasteiger partial charge on any atom is 0.399 e. The van der Waals surface area contributed by atoms with Gasteiger partial charge in [-0.3, -0.25) is 9.59 Å². The second-order valence-corrected chi connectivity index (χ2v) is 7.61. The van der Waals surface area contributed by atoms with Gasteiger partial charge in [0, 0.05) is 18.2 Å². The quantitative estimate of drug-likeness (QED) is 0.204. The number of amides is 1. The van der Waals surface area contributed by atoms with Crippen molar-refractivity contribution in [2.75, 3.05) is 17.7 Å². The van der Waals surface area contributed by atoms with Gasteiger partial charge in [-0.15, -0.1) is 0 Å². The molecule has 0 bridgehead atoms. The molecule has 1 unspecified atom stereocenters. The summed E-state index contributed by atoms with van der Waals surface area (Å²) in [6.07, 6.45) is -5.05. The molecule has 0 aliphatic heterocycles. The first-order valence-corrected chi connectivity index (χ1v) is 10.0. The number of Topliss-reactive ketones (excluding diaryl/α,β-unsaturated/α-hetero) is 1. The number of carbonyl (C=O) groups excluding carboxylic acids is 2. The van der Waals surface area contributed by atoms with Crippen LogP contribution in [0, 0.1) is 11.6 Å². The van der Waals surface area contributed by atoms with Crippen LogP contribution in [0.3, 0.4) is 0 Å². The summed E-state index contributed by atoms with van der Waals surface area (Å²) in [5, 5.41) is 24.2. The zero-order valence-corrected chi connectivity index (χ0v) is 18.3. The zero-order chi connectivity index (χ0) is 26.1. The second kappa shape index (κ2) is 9.61. The molecule has 4 N–H and O–H groups in total. The van der Waals surface area contributed by atoms with Crippen molar-refractivity contribution in [3.63, 3.8) is 0 Å². The van der Waals surface area contributed by atoms with Crippen LogP contribution in [0.5, 0.6) is 11.5 Å². The molecule has 0 radical (unpaired) electrons. The minimum atomic E-state index is -5.05. The Kier molecular flexibility index (Phi) is 6.99. The van der Waals surface area contributed by atoms with Gasteiger partial charge in [-0.25, -0.2) is 8.78 Å². The maximum atomic E-state index is 14.5. The van der Waals surface area contributed by atoms with Crippen LogP contribution < -0.4 is 10.6 Å². The number of rotatable bonds is 6. The molecule has 0 saturated carbocycles. The van der Waals surface area contributed by atoms with E-state index in [1.807, 2.05) is 0 Å². The van der Waals surface area contributed by atoms with E-state index in [-0.39, 0.29) is 22.6 Å². The van der Waals surface area contributed by atoms with Crippen molar-refractivity contribution in [3.05, 3.63) is 82.4 Å². The lowest BCUT2D eigenvalue weighted by Gasteiger charge is -2.23. The normalized spacial score (nSPS) is 12.2. The summed E-state index contributed by atoms with van der Waals surface area (Å²) in [6.45, 7) is 1.27. The molecule has 35 heavy (non-hydrogen) atoms. The first-order chi connectivity index (χ1) is 16.3. The highest BCUT2D eigenvalue weighted by molar-refractivity contribution is 6.06. The van der Waals surface area contributed by atoms with Crippen LogP contribution in [0.25, 0.3) is 0 Å². The number of ketones is 1. The number of benzene rings is 3. The molecule has 6 nitrogen and oxygen atoms in total. The molecule has 11 heteroatoms. The van der Waals surface area contributed by atoms with Gasteiger partial charge in [0.25, 0.3) is 5.91 Å². The highest BCUT2D eigenvalue weighted by atomic mass is 19.4. The fourth-order valence-electron chi connectivity index (χ4n) is 3.50. The summed E-state index contributed by atoms with van der Waals surface area (Å²) < 4.78 is 70.8. The molecule has 0 aliphatic rings. The molecule has 0 heterocycles. The van der Waals surface area contributed by atoms with Crippen molar-refractivity contribution in [1.82, 2.24) is 0 Å². The van der Waals surface area contributed by atoms with Crippen molar-refractivity contribution < 1.29 is 41.8 Å². The van der Waals surface area contributed by atoms with Crippen molar-refractivity contribution in [2.24, 2.45) is 0 Å². The molecule has 184 valence electrons. The standard InChI is InChI=1S/C24H19F5N2O4/c1-11(32)12-4-3-5-13(6-12)23(35)31-19-10-15(8-17(26)22(19)34)20(24(27,28)29)14-7-16(25)21(33)18(9-14)30-2/h3-10,20,30,33-34H,1-2H3,(H,31,35). The van der Waals surface area contributed by atoms with Crippen LogP contribution in [0.4, 0.5) is 33.3 Å². The number of phenols is 2. The molecule has 0 spiro atoms. The van der Waals surface area contributed by atoms with E-state index in [0.29, 0.717) is 18.2 Å². The van der Waals surface area contributed by atoms with E-state index < -0.39 is 57.9 Å². The van der Waals surface area contributed by atoms with Gasteiger partial charge < -0.3 is 20.8 Å². The number of hydrogen-bond acceptors (Lipinski definition) is 5. The Morgan fingerprint density at radius 1 is 0.857 bits per heavy atom. The molecule has 0 aromatic heterocycles. The van der Waals surface area contributed by atoms with Crippen LogP contribution in [0.2, 0.25) is 0 Å². The van der Waals surface area contributed by atoms with Gasteiger partial charge in [-0.05, 0) is 54.4 Å². The zero-order valence-electron chi connectivity index (χ0n) is 18.3. The first kappa shape index (κ1) is 25.5. The molecule has 0 saturated heterocycles. The minimum absolute atomic E-state index is 0.0606. The summed E-state index contributed by atoms with van der Waals surface area (Å²) in [5.74, 6) is -8.64. The van der Waals surface area contributed by atoms with Crippen molar-refractivity contribution in [2.45, 2.75) is 19.0 Å². The summed E-state index contributed by atoms with van der Waals surface area (Å²) >= 11 is 0. The monoisotopic (exact) mass is 494 g/mol.